The molecule has 0 radical (unpaired) electrons. The second kappa shape index (κ2) is 6.59. The lowest BCUT2D eigenvalue weighted by atomic mass is 10.1. The summed E-state index contributed by atoms with van der Waals surface area (Å²) < 4.78 is 5.93. The van der Waals surface area contributed by atoms with Crippen LogP contribution in [-0.2, 0) is 6.42 Å². The van der Waals surface area contributed by atoms with E-state index in [0.29, 0.717) is 6.04 Å². The Hall–Kier alpha value is -1.06. The molecule has 3 heteroatoms. The smallest absolute Gasteiger partial charge is 0.119 e. The molecule has 2 aliphatic rings. The zero-order valence-electron chi connectivity index (χ0n) is 12.5. The van der Waals surface area contributed by atoms with Gasteiger partial charge in [0.15, 0.2) is 0 Å². The van der Waals surface area contributed by atoms with E-state index < -0.39 is 0 Å². The van der Waals surface area contributed by atoms with Gasteiger partial charge in [0, 0.05) is 12.6 Å². The van der Waals surface area contributed by atoms with Crippen LogP contribution in [0.1, 0.15) is 43.4 Å². The van der Waals surface area contributed by atoms with Crippen LogP contribution in [0.25, 0.3) is 0 Å². The molecule has 0 amide bonds. The van der Waals surface area contributed by atoms with Gasteiger partial charge in [0.25, 0.3) is 0 Å². The molecule has 110 valence electrons. The number of aryl methyl sites for hydroxylation is 1. The van der Waals surface area contributed by atoms with Crippen LogP contribution in [0.15, 0.2) is 18.2 Å². The molecule has 3 rings (SSSR count). The fourth-order valence-electron chi connectivity index (χ4n) is 3.44. The molecular formula is C17H26N2O. The number of hydrogen-bond donors (Lipinski definition) is 1. The van der Waals surface area contributed by atoms with Crippen LogP contribution in [0.2, 0.25) is 0 Å². The van der Waals surface area contributed by atoms with Gasteiger partial charge < -0.3 is 10.1 Å². The third-order valence-corrected chi connectivity index (χ3v) is 4.52. The Morgan fingerprint density at radius 2 is 2.15 bits per heavy atom. The van der Waals surface area contributed by atoms with Crippen LogP contribution in [0, 0.1) is 0 Å². The fourth-order valence-corrected chi connectivity index (χ4v) is 3.44. The number of likely N-dealkylation sites (tertiary alicyclic amines) is 1. The zero-order chi connectivity index (χ0) is 13.8. The highest BCUT2D eigenvalue weighted by molar-refractivity contribution is 5.40. The summed E-state index contributed by atoms with van der Waals surface area (Å²) in [5.74, 6) is 1.04. The van der Waals surface area contributed by atoms with E-state index in [0.717, 1.165) is 25.4 Å². The van der Waals surface area contributed by atoms with E-state index >= 15 is 0 Å². The van der Waals surface area contributed by atoms with Crippen molar-refractivity contribution in [1.29, 1.82) is 0 Å². The molecule has 1 unspecified atom stereocenters. The van der Waals surface area contributed by atoms with Crippen molar-refractivity contribution in [3.63, 3.8) is 0 Å². The van der Waals surface area contributed by atoms with Crippen LogP contribution in [0.5, 0.6) is 5.75 Å². The molecule has 3 nitrogen and oxygen atoms in total. The maximum atomic E-state index is 5.93. The monoisotopic (exact) mass is 274 g/mol. The summed E-state index contributed by atoms with van der Waals surface area (Å²) in [6, 6.07) is 7.18. The topological polar surface area (TPSA) is 24.5 Å². The summed E-state index contributed by atoms with van der Waals surface area (Å²) in [5.41, 5.74) is 2.94. The minimum absolute atomic E-state index is 0.550. The summed E-state index contributed by atoms with van der Waals surface area (Å²) >= 11 is 0. The van der Waals surface area contributed by atoms with Gasteiger partial charge in [-0.2, -0.15) is 0 Å². The van der Waals surface area contributed by atoms with Crippen LogP contribution in [-0.4, -0.2) is 37.7 Å². The number of fused-ring (bicyclic) bond motifs is 1. The van der Waals surface area contributed by atoms with E-state index in [1.54, 1.807) is 0 Å². The molecule has 1 aromatic rings. The van der Waals surface area contributed by atoms with Crippen molar-refractivity contribution >= 4 is 0 Å². The van der Waals surface area contributed by atoms with Gasteiger partial charge in [-0.05, 0) is 68.6 Å². The molecule has 1 fully saturated rings. The number of rotatable bonds is 6. The second-order valence-corrected chi connectivity index (χ2v) is 5.91. The summed E-state index contributed by atoms with van der Waals surface area (Å²) in [6.07, 6.45) is 5.10. The molecule has 0 bridgehead atoms. The first-order chi connectivity index (χ1) is 9.86. The number of nitrogens with zero attached hydrogens (tertiary/aromatic N) is 1. The van der Waals surface area contributed by atoms with E-state index in [4.69, 9.17) is 4.74 Å². The highest BCUT2D eigenvalue weighted by atomic mass is 16.5. The number of ether oxygens (including phenoxy) is 1. The van der Waals surface area contributed by atoms with Gasteiger partial charge >= 0.3 is 0 Å². The Kier molecular flexibility index (Phi) is 4.58. The minimum atomic E-state index is 0.550. The summed E-state index contributed by atoms with van der Waals surface area (Å²) in [6.45, 7) is 7.59. The standard InChI is InChI=1S/C17H26N2O/c1-2-18-17-8-5-14-13-15(6-7-16(14)17)20-12-11-19-9-3-4-10-19/h6-7,13,17-18H,2-5,8-12H2,1H3. The predicted molar refractivity (Wildman–Crippen MR) is 82.3 cm³/mol. The van der Waals surface area contributed by atoms with Crippen LogP contribution in [0.3, 0.4) is 0 Å². The normalized spacial score (nSPS) is 22.1. The highest BCUT2D eigenvalue weighted by Crippen LogP contribution is 2.33. The molecule has 1 aromatic carbocycles. The molecule has 20 heavy (non-hydrogen) atoms. The summed E-state index contributed by atoms with van der Waals surface area (Å²) in [7, 11) is 0. The third-order valence-electron chi connectivity index (χ3n) is 4.52. The average Bonchev–Trinajstić information content (AvgIpc) is 3.09. The molecule has 1 aliphatic carbocycles. The van der Waals surface area contributed by atoms with Gasteiger partial charge in [-0.15, -0.1) is 0 Å². The lowest BCUT2D eigenvalue weighted by molar-refractivity contribution is 0.237. The number of hydrogen-bond acceptors (Lipinski definition) is 3. The van der Waals surface area contributed by atoms with Gasteiger partial charge in [-0.25, -0.2) is 0 Å². The van der Waals surface area contributed by atoms with E-state index in [1.807, 2.05) is 0 Å². The van der Waals surface area contributed by atoms with E-state index in [-0.39, 0.29) is 0 Å². The Balaban J connectivity index is 1.53. The molecule has 0 saturated carbocycles. The Labute approximate surface area is 122 Å². The molecule has 1 saturated heterocycles. The van der Waals surface area contributed by atoms with Gasteiger partial charge in [0.1, 0.15) is 12.4 Å². The van der Waals surface area contributed by atoms with Crippen molar-refractivity contribution in [2.75, 3.05) is 32.8 Å². The fraction of sp³-hybridized carbons (Fsp3) is 0.647. The molecule has 1 N–H and O–H groups in total. The van der Waals surface area contributed by atoms with Gasteiger partial charge in [-0.3, -0.25) is 4.90 Å². The summed E-state index contributed by atoms with van der Waals surface area (Å²) in [4.78, 5) is 2.49. The van der Waals surface area contributed by atoms with Crippen molar-refractivity contribution in [2.45, 2.75) is 38.6 Å². The van der Waals surface area contributed by atoms with Crippen molar-refractivity contribution in [3.05, 3.63) is 29.3 Å². The zero-order valence-corrected chi connectivity index (χ0v) is 12.5. The molecule has 0 aromatic heterocycles. The summed E-state index contributed by atoms with van der Waals surface area (Å²) in [5, 5.41) is 3.55. The van der Waals surface area contributed by atoms with Gasteiger partial charge in [0.05, 0.1) is 0 Å². The van der Waals surface area contributed by atoms with E-state index in [1.165, 1.54) is 49.9 Å². The van der Waals surface area contributed by atoms with Crippen LogP contribution < -0.4 is 10.1 Å². The first-order valence-electron chi connectivity index (χ1n) is 8.08. The van der Waals surface area contributed by atoms with Crippen molar-refractivity contribution in [3.8, 4) is 5.75 Å². The molecule has 0 spiro atoms. The number of nitrogens with one attached hydrogen (secondary N) is 1. The Morgan fingerprint density at radius 3 is 2.95 bits per heavy atom. The third kappa shape index (κ3) is 3.15. The minimum Gasteiger partial charge on any atom is -0.492 e. The van der Waals surface area contributed by atoms with Crippen molar-refractivity contribution in [1.82, 2.24) is 10.2 Å². The predicted octanol–water partition coefficient (Wildman–Crippen LogP) is 2.76. The van der Waals surface area contributed by atoms with Gasteiger partial charge in [-0.1, -0.05) is 13.0 Å². The van der Waals surface area contributed by atoms with Crippen LogP contribution >= 0.6 is 0 Å². The maximum Gasteiger partial charge on any atom is 0.119 e. The molecule has 1 heterocycles. The van der Waals surface area contributed by atoms with Crippen LogP contribution in [0.4, 0.5) is 0 Å². The number of benzene rings is 1. The first-order valence-corrected chi connectivity index (χ1v) is 8.08. The van der Waals surface area contributed by atoms with E-state index in [9.17, 15) is 0 Å². The second-order valence-electron chi connectivity index (χ2n) is 5.91. The maximum absolute atomic E-state index is 5.93. The Morgan fingerprint density at radius 1 is 1.30 bits per heavy atom. The SMILES string of the molecule is CCNC1CCc2cc(OCCN3CCCC3)ccc21. The Bertz CT molecular complexity index is 441. The lowest BCUT2D eigenvalue weighted by Crippen LogP contribution is -2.25. The highest BCUT2D eigenvalue weighted by Gasteiger charge is 2.21. The van der Waals surface area contributed by atoms with Gasteiger partial charge in [0.2, 0.25) is 0 Å². The molecule has 1 aliphatic heterocycles. The van der Waals surface area contributed by atoms with Crippen molar-refractivity contribution < 1.29 is 4.74 Å². The average molecular weight is 274 g/mol. The lowest BCUT2D eigenvalue weighted by Gasteiger charge is -2.16. The quantitative estimate of drug-likeness (QED) is 0.863. The largest absolute Gasteiger partial charge is 0.492 e. The van der Waals surface area contributed by atoms with E-state index in [2.05, 4.69) is 35.3 Å². The first kappa shape index (κ1) is 13.9. The molecule has 1 atom stereocenters. The molecular weight excluding hydrogens is 248 g/mol. The van der Waals surface area contributed by atoms with Crippen molar-refractivity contribution in [2.24, 2.45) is 0 Å².